The zero-order valence-corrected chi connectivity index (χ0v) is 12.6. The summed E-state index contributed by atoms with van der Waals surface area (Å²) in [6.07, 6.45) is 7.28. The number of hydrogen-bond donors (Lipinski definition) is 1. The minimum Gasteiger partial charge on any atom is -0.350 e. The summed E-state index contributed by atoms with van der Waals surface area (Å²) < 4.78 is 2.37. The van der Waals surface area contributed by atoms with E-state index in [1.54, 1.807) is 0 Å². The van der Waals surface area contributed by atoms with Crippen LogP contribution < -0.4 is 5.32 Å². The Bertz CT molecular complexity index is 351. The van der Waals surface area contributed by atoms with Crippen molar-refractivity contribution in [3.05, 3.63) is 24.0 Å². The molecule has 3 nitrogen and oxygen atoms in total. The molecule has 1 aliphatic rings. The largest absolute Gasteiger partial charge is 0.350 e. The molecule has 1 aliphatic heterocycles. The summed E-state index contributed by atoms with van der Waals surface area (Å²) in [5.41, 5.74) is 1.43. The number of piperidine rings is 1. The lowest BCUT2D eigenvalue weighted by Gasteiger charge is -2.32. The molecule has 3 heteroatoms. The van der Waals surface area contributed by atoms with E-state index in [4.69, 9.17) is 0 Å². The predicted molar refractivity (Wildman–Crippen MR) is 81.3 cm³/mol. The molecule has 2 heterocycles. The fourth-order valence-electron chi connectivity index (χ4n) is 2.99. The third-order valence-corrected chi connectivity index (χ3v) is 4.09. The molecule has 0 aromatic carbocycles. The van der Waals surface area contributed by atoms with E-state index in [9.17, 15) is 0 Å². The topological polar surface area (TPSA) is 20.2 Å². The van der Waals surface area contributed by atoms with Crippen LogP contribution in [-0.2, 0) is 13.1 Å². The van der Waals surface area contributed by atoms with Crippen LogP contribution >= 0.6 is 0 Å². The molecular weight excluding hydrogens is 234 g/mol. The highest BCUT2D eigenvalue weighted by Crippen LogP contribution is 2.12. The van der Waals surface area contributed by atoms with Crippen molar-refractivity contribution in [2.75, 3.05) is 19.6 Å². The SMILES string of the molecule is CCCN1CCC(NCc2cccn2CCC)CC1. The Balaban J connectivity index is 1.72. The van der Waals surface area contributed by atoms with Crippen LogP contribution in [0.1, 0.15) is 45.2 Å². The molecule has 108 valence electrons. The third-order valence-electron chi connectivity index (χ3n) is 4.09. The van der Waals surface area contributed by atoms with Crippen molar-refractivity contribution in [2.24, 2.45) is 0 Å². The van der Waals surface area contributed by atoms with Gasteiger partial charge >= 0.3 is 0 Å². The van der Waals surface area contributed by atoms with Crippen LogP contribution in [0, 0.1) is 0 Å². The summed E-state index contributed by atoms with van der Waals surface area (Å²) >= 11 is 0. The van der Waals surface area contributed by atoms with Crippen molar-refractivity contribution in [1.82, 2.24) is 14.8 Å². The normalized spacial score (nSPS) is 18.0. The summed E-state index contributed by atoms with van der Waals surface area (Å²) in [7, 11) is 0. The first-order valence-corrected chi connectivity index (χ1v) is 7.93. The first-order valence-electron chi connectivity index (χ1n) is 7.93. The zero-order valence-electron chi connectivity index (χ0n) is 12.6. The Morgan fingerprint density at radius 2 is 1.89 bits per heavy atom. The summed E-state index contributed by atoms with van der Waals surface area (Å²) in [4.78, 5) is 2.60. The second kappa shape index (κ2) is 7.71. The molecule has 19 heavy (non-hydrogen) atoms. The van der Waals surface area contributed by atoms with Crippen LogP contribution in [0.5, 0.6) is 0 Å². The second-order valence-electron chi connectivity index (χ2n) is 5.69. The molecule has 0 unspecified atom stereocenters. The second-order valence-corrected chi connectivity index (χ2v) is 5.69. The minimum absolute atomic E-state index is 0.707. The number of rotatable bonds is 7. The predicted octanol–water partition coefficient (Wildman–Crippen LogP) is 2.86. The summed E-state index contributed by atoms with van der Waals surface area (Å²) in [5, 5.41) is 3.74. The van der Waals surface area contributed by atoms with Gasteiger partial charge in [-0.2, -0.15) is 0 Å². The van der Waals surface area contributed by atoms with Gasteiger partial charge in [0.15, 0.2) is 0 Å². The van der Waals surface area contributed by atoms with Gasteiger partial charge in [0.2, 0.25) is 0 Å². The molecule has 0 radical (unpaired) electrons. The molecule has 0 atom stereocenters. The van der Waals surface area contributed by atoms with Crippen molar-refractivity contribution in [1.29, 1.82) is 0 Å². The van der Waals surface area contributed by atoms with Gasteiger partial charge in [-0.15, -0.1) is 0 Å². The molecule has 2 rings (SSSR count). The molecule has 1 aromatic heterocycles. The van der Waals surface area contributed by atoms with E-state index in [0.717, 1.165) is 13.1 Å². The molecule has 1 aromatic rings. The molecule has 0 spiro atoms. The average Bonchev–Trinajstić information content (AvgIpc) is 2.86. The Labute approximate surface area is 118 Å². The van der Waals surface area contributed by atoms with Crippen molar-refractivity contribution >= 4 is 0 Å². The molecule has 0 aliphatic carbocycles. The maximum absolute atomic E-state index is 3.74. The van der Waals surface area contributed by atoms with Gasteiger partial charge in [0.25, 0.3) is 0 Å². The summed E-state index contributed by atoms with van der Waals surface area (Å²) in [5.74, 6) is 0. The maximum Gasteiger partial charge on any atom is 0.0361 e. The first kappa shape index (κ1) is 14.6. The minimum atomic E-state index is 0.707. The highest BCUT2D eigenvalue weighted by atomic mass is 15.1. The van der Waals surface area contributed by atoms with E-state index in [0.29, 0.717) is 6.04 Å². The Hall–Kier alpha value is -0.800. The number of nitrogens with one attached hydrogen (secondary N) is 1. The fraction of sp³-hybridized carbons (Fsp3) is 0.750. The van der Waals surface area contributed by atoms with Gasteiger partial charge in [0, 0.05) is 31.0 Å². The average molecular weight is 263 g/mol. The van der Waals surface area contributed by atoms with Gasteiger partial charge in [0.05, 0.1) is 0 Å². The summed E-state index contributed by atoms with van der Waals surface area (Å²) in [6.45, 7) is 10.5. The van der Waals surface area contributed by atoms with Crippen molar-refractivity contribution in [3.8, 4) is 0 Å². The van der Waals surface area contributed by atoms with E-state index < -0.39 is 0 Å². The van der Waals surface area contributed by atoms with Crippen molar-refractivity contribution < 1.29 is 0 Å². The van der Waals surface area contributed by atoms with Gasteiger partial charge in [-0.1, -0.05) is 13.8 Å². The van der Waals surface area contributed by atoms with Gasteiger partial charge in [0.1, 0.15) is 0 Å². The van der Waals surface area contributed by atoms with Crippen molar-refractivity contribution in [3.63, 3.8) is 0 Å². The molecular formula is C16H29N3. The number of nitrogens with zero attached hydrogens (tertiary/aromatic N) is 2. The van der Waals surface area contributed by atoms with Crippen molar-refractivity contribution in [2.45, 2.75) is 58.7 Å². The Kier molecular flexibility index (Phi) is 5.93. The lowest BCUT2D eigenvalue weighted by molar-refractivity contribution is 0.197. The van der Waals surface area contributed by atoms with Gasteiger partial charge < -0.3 is 14.8 Å². The number of aryl methyl sites for hydroxylation is 1. The quantitative estimate of drug-likeness (QED) is 0.816. The van der Waals surface area contributed by atoms with Gasteiger partial charge in [-0.3, -0.25) is 0 Å². The maximum atomic E-state index is 3.74. The van der Waals surface area contributed by atoms with Crippen LogP contribution in [0.25, 0.3) is 0 Å². The number of hydrogen-bond acceptors (Lipinski definition) is 2. The van der Waals surface area contributed by atoms with Gasteiger partial charge in [-0.05, 0) is 57.5 Å². The van der Waals surface area contributed by atoms with Crippen LogP contribution in [-0.4, -0.2) is 35.1 Å². The van der Waals surface area contributed by atoms with Crippen LogP contribution in [0.4, 0.5) is 0 Å². The van der Waals surface area contributed by atoms with Crippen LogP contribution in [0.2, 0.25) is 0 Å². The lowest BCUT2D eigenvalue weighted by Crippen LogP contribution is -2.42. The van der Waals surface area contributed by atoms with E-state index >= 15 is 0 Å². The molecule has 0 bridgehead atoms. The van der Waals surface area contributed by atoms with Gasteiger partial charge in [-0.25, -0.2) is 0 Å². The number of likely N-dealkylation sites (tertiary alicyclic amines) is 1. The fourth-order valence-corrected chi connectivity index (χ4v) is 2.99. The Morgan fingerprint density at radius 1 is 1.16 bits per heavy atom. The number of aromatic nitrogens is 1. The molecule has 1 fully saturated rings. The molecule has 1 saturated heterocycles. The molecule has 0 saturated carbocycles. The third kappa shape index (κ3) is 4.36. The van der Waals surface area contributed by atoms with Crippen LogP contribution in [0.15, 0.2) is 18.3 Å². The highest BCUT2D eigenvalue weighted by Gasteiger charge is 2.18. The Morgan fingerprint density at radius 3 is 2.58 bits per heavy atom. The highest BCUT2D eigenvalue weighted by molar-refractivity contribution is 5.07. The standard InChI is InChI=1S/C16H29N3/c1-3-9-18-12-7-15(8-13-18)17-14-16-6-5-11-19(16)10-4-2/h5-6,11,15,17H,3-4,7-10,12-14H2,1-2H3. The van der Waals surface area contributed by atoms with Crippen LogP contribution in [0.3, 0.4) is 0 Å². The molecule has 0 amide bonds. The van der Waals surface area contributed by atoms with E-state index in [1.807, 2.05) is 0 Å². The lowest BCUT2D eigenvalue weighted by atomic mass is 10.0. The van der Waals surface area contributed by atoms with E-state index in [1.165, 1.54) is 51.0 Å². The molecule has 1 N–H and O–H groups in total. The first-order chi connectivity index (χ1) is 9.33. The smallest absolute Gasteiger partial charge is 0.0361 e. The monoisotopic (exact) mass is 263 g/mol. The zero-order chi connectivity index (χ0) is 13.5. The van der Waals surface area contributed by atoms with E-state index in [-0.39, 0.29) is 0 Å². The summed E-state index contributed by atoms with van der Waals surface area (Å²) in [6, 6.07) is 5.11. The van der Waals surface area contributed by atoms with E-state index in [2.05, 4.69) is 47.0 Å².